The van der Waals surface area contributed by atoms with E-state index in [2.05, 4.69) is 50.7 Å². The fraction of sp³-hybridized carbons (Fsp3) is 0.344. The molecule has 1 saturated carbocycles. The van der Waals surface area contributed by atoms with Crippen molar-refractivity contribution in [2.24, 2.45) is 0 Å². The van der Waals surface area contributed by atoms with Gasteiger partial charge in [-0.25, -0.2) is 4.79 Å². The van der Waals surface area contributed by atoms with Crippen LogP contribution in [0.25, 0.3) is 22.2 Å². The van der Waals surface area contributed by atoms with Crippen LogP contribution in [0.4, 0.5) is 18.9 Å². The zero-order chi connectivity index (χ0) is 31.8. The Morgan fingerprint density at radius 1 is 1.09 bits per heavy atom. The van der Waals surface area contributed by atoms with Gasteiger partial charge in [-0.15, -0.1) is 0 Å². The number of halogens is 3. The number of carbonyl (C=O) groups is 2. The van der Waals surface area contributed by atoms with Gasteiger partial charge in [-0.2, -0.15) is 18.3 Å². The van der Waals surface area contributed by atoms with E-state index in [-0.39, 0.29) is 11.8 Å². The molecule has 10 nitrogen and oxygen atoms in total. The summed E-state index contributed by atoms with van der Waals surface area (Å²) in [4.78, 5) is 24.3. The Morgan fingerprint density at radius 2 is 1.80 bits per heavy atom. The minimum Gasteiger partial charge on any atom is -0.497 e. The maximum absolute atomic E-state index is 13.0. The number of aromatic amines is 1. The maximum atomic E-state index is 13.0. The second kappa shape index (κ2) is 12.1. The third kappa shape index (κ3) is 6.05. The average molecular weight is 625 g/mol. The summed E-state index contributed by atoms with van der Waals surface area (Å²) in [6.45, 7) is 5.09. The number of carboxylic acid groups (broad SMARTS) is 1. The number of fused-ring (bicyclic) bond motifs is 3. The van der Waals surface area contributed by atoms with E-state index in [0.29, 0.717) is 6.61 Å². The summed E-state index contributed by atoms with van der Waals surface area (Å²) < 4.78 is 48.5. The third-order valence-electron chi connectivity index (χ3n) is 8.46. The number of amides is 1. The first-order valence-corrected chi connectivity index (χ1v) is 14.4. The number of carbonyl (C=O) groups excluding carboxylic acids is 1. The third-order valence-corrected chi connectivity index (χ3v) is 8.46. The number of morpholine rings is 1. The number of rotatable bonds is 7. The van der Waals surface area contributed by atoms with Crippen molar-refractivity contribution < 1.29 is 42.1 Å². The number of H-pyrrole nitrogens is 1. The van der Waals surface area contributed by atoms with Gasteiger partial charge in [0.05, 0.1) is 36.9 Å². The smallest absolute Gasteiger partial charge is 0.490 e. The van der Waals surface area contributed by atoms with Crippen LogP contribution in [-0.4, -0.2) is 84.8 Å². The standard InChI is InChI=1S/C30H30N4O4.C2HF3O2/c1-36-22-7-9-26-24(17-22)30(29(35)31-26)18-25(30)20-4-8-23-27(16-20)32-33-28(23)19-2-5-21(6-3-19)38-15-12-34-10-13-37-14-11-34;3-2(4,5)1(6)7/h2-9,16-17,25H,10-15,18H2,1H3,(H,31,35)(H,32,33);(H,6,7)/t25-,30-;/m0./s1. The summed E-state index contributed by atoms with van der Waals surface area (Å²) in [5, 5.41) is 19.1. The van der Waals surface area contributed by atoms with E-state index in [9.17, 15) is 18.0 Å². The van der Waals surface area contributed by atoms with Gasteiger partial charge in [0.25, 0.3) is 0 Å². The second-order valence-electron chi connectivity index (χ2n) is 11.1. The van der Waals surface area contributed by atoms with Crippen LogP contribution in [0.2, 0.25) is 0 Å². The fourth-order valence-corrected chi connectivity index (χ4v) is 6.00. The van der Waals surface area contributed by atoms with E-state index in [4.69, 9.17) is 24.1 Å². The topological polar surface area (TPSA) is 126 Å². The number of carboxylic acids is 1. The molecule has 0 unspecified atom stereocenters. The first-order valence-electron chi connectivity index (χ1n) is 14.4. The number of nitrogens with one attached hydrogen (secondary N) is 2. The van der Waals surface area contributed by atoms with Gasteiger partial charge >= 0.3 is 12.1 Å². The van der Waals surface area contributed by atoms with Crippen LogP contribution in [0.5, 0.6) is 11.5 Å². The first kappa shape index (κ1) is 30.4. The predicted molar refractivity (Wildman–Crippen MR) is 159 cm³/mol. The number of benzene rings is 3. The largest absolute Gasteiger partial charge is 0.497 e. The highest BCUT2D eigenvalue weighted by molar-refractivity contribution is 6.10. The van der Waals surface area contributed by atoms with Crippen molar-refractivity contribution >= 4 is 28.5 Å². The number of methoxy groups -OCH3 is 1. The first-order chi connectivity index (χ1) is 21.6. The number of alkyl halides is 3. The van der Waals surface area contributed by atoms with Crippen molar-refractivity contribution in [2.45, 2.75) is 23.9 Å². The quantitative estimate of drug-likeness (QED) is 0.264. The fourth-order valence-electron chi connectivity index (χ4n) is 6.00. The summed E-state index contributed by atoms with van der Waals surface area (Å²) >= 11 is 0. The van der Waals surface area contributed by atoms with E-state index in [1.807, 2.05) is 30.3 Å². The molecule has 3 N–H and O–H groups in total. The van der Waals surface area contributed by atoms with Crippen molar-refractivity contribution in [3.05, 3.63) is 71.8 Å². The zero-order valence-corrected chi connectivity index (χ0v) is 24.3. The number of nitrogens with zero attached hydrogens (tertiary/aromatic N) is 2. The van der Waals surface area contributed by atoms with Gasteiger partial charge in [0.1, 0.15) is 18.1 Å². The summed E-state index contributed by atoms with van der Waals surface area (Å²) in [6, 6.07) is 20.3. The summed E-state index contributed by atoms with van der Waals surface area (Å²) in [5.74, 6) is -0.931. The lowest BCUT2D eigenvalue weighted by atomic mass is 9.91. The van der Waals surface area contributed by atoms with Crippen LogP contribution in [0, 0.1) is 0 Å². The van der Waals surface area contributed by atoms with E-state index in [1.54, 1.807) is 7.11 Å². The van der Waals surface area contributed by atoms with Gasteiger partial charge in [0.15, 0.2) is 0 Å². The van der Waals surface area contributed by atoms with Crippen LogP contribution in [0.3, 0.4) is 0 Å². The number of anilines is 1. The number of ether oxygens (including phenoxy) is 3. The molecule has 7 rings (SSSR count). The molecule has 0 bridgehead atoms. The molecule has 0 radical (unpaired) electrons. The Kier molecular flexibility index (Phi) is 8.14. The van der Waals surface area contributed by atoms with Crippen LogP contribution in [0.1, 0.15) is 23.5 Å². The van der Waals surface area contributed by atoms with E-state index >= 15 is 0 Å². The average Bonchev–Trinajstić information content (AvgIpc) is 3.56. The van der Waals surface area contributed by atoms with Crippen LogP contribution >= 0.6 is 0 Å². The molecule has 1 aliphatic carbocycles. The molecule has 1 saturated heterocycles. The SMILES string of the molecule is COc1ccc2c(c1)[C@]1(C[C@H]1c1ccc3c(-c4ccc(OCCN5CCOCC5)cc4)n[nH]c3c1)C(=O)N2.O=C(O)C(F)(F)F. The van der Waals surface area contributed by atoms with E-state index in [0.717, 1.165) is 89.7 Å². The minimum atomic E-state index is -5.08. The minimum absolute atomic E-state index is 0.0726. The highest BCUT2D eigenvalue weighted by Gasteiger charge is 2.65. The molecule has 3 aliphatic rings. The summed E-state index contributed by atoms with van der Waals surface area (Å²) in [7, 11) is 1.65. The molecule has 13 heteroatoms. The second-order valence-corrected chi connectivity index (χ2v) is 11.1. The molecule has 1 amide bonds. The normalized spacial score (nSPS) is 20.7. The van der Waals surface area contributed by atoms with Crippen molar-refractivity contribution in [3.8, 4) is 22.8 Å². The maximum Gasteiger partial charge on any atom is 0.490 e. The van der Waals surface area contributed by atoms with Crippen molar-refractivity contribution in [1.29, 1.82) is 0 Å². The number of aromatic nitrogens is 2. The predicted octanol–water partition coefficient (Wildman–Crippen LogP) is 4.96. The van der Waals surface area contributed by atoms with Gasteiger partial charge in [-0.1, -0.05) is 12.1 Å². The lowest BCUT2D eigenvalue weighted by Gasteiger charge is -2.26. The molecular formula is C32H31F3N4O6. The molecule has 236 valence electrons. The van der Waals surface area contributed by atoms with E-state index < -0.39 is 17.6 Å². The molecule has 2 fully saturated rings. The number of hydrogen-bond acceptors (Lipinski definition) is 7. The van der Waals surface area contributed by atoms with Gasteiger partial charge in [0.2, 0.25) is 5.91 Å². The van der Waals surface area contributed by atoms with Crippen LogP contribution in [0.15, 0.2) is 60.7 Å². The molecule has 1 aromatic heterocycles. The lowest BCUT2D eigenvalue weighted by molar-refractivity contribution is -0.192. The highest BCUT2D eigenvalue weighted by Crippen LogP contribution is 2.65. The molecule has 2 aliphatic heterocycles. The Labute approximate surface area is 256 Å². The Bertz CT molecular complexity index is 1720. The van der Waals surface area contributed by atoms with Crippen molar-refractivity contribution in [3.63, 3.8) is 0 Å². The van der Waals surface area contributed by atoms with Gasteiger partial charge < -0.3 is 24.6 Å². The molecule has 45 heavy (non-hydrogen) atoms. The number of aliphatic carboxylic acids is 1. The summed E-state index contributed by atoms with van der Waals surface area (Å²) in [5.41, 5.74) is 5.45. The summed E-state index contributed by atoms with van der Waals surface area (Å²) in [6.07, 6.45) is -4.29. The highest BCUT2D eigenvalue weighted by atomic mass is 19.4. The molecule has 3 heterocycles. The molecule has 4 aromatic rings. The lowest BCUT2D eigenvalue weighted by Crippen LogP contribution is -2.38. The molecular weight excluding hydrogens is 593 g/mol. The molecule has 3 aromatic carbocycles. The molecule has 2 atom stereocenters. The van der Waals surface area contributed by atoms with Gasteiger partial charge in [-0.3, -0.25) is 14.8 Å². The monoisotopic (exact) mass is 624 g/mol. The van der Waals surface area contributed by atoms with Crippen LogP contribution < -0.4 is 14.8 Å². The van der Waals surface area contributed by atoms with E-state index in [1.165, 1.54) is 0 Å². The van der Waals surface area contributed by atoms with Gasteiger partial charge in [0, 0.05) is 42.2 Å². The van der Waals surface area contributed by atoms with Crippen molar-refractivity contribution in [2.75, 3.05) is 51.9 Å². The molecule has 1 spiro atoms. The number of hydrogen-bond donors (Lipinski definition) is 3. The van der Waals surface area contributed by atoms with Gasteiger partial charge in [-0.05, 0) is 66.1 Å². The Balaban J connectivity index is 0.000000460. The Hall–Kier alpha value is -4.62. The Morgan fingerprint density at radius 3 is 2.49 bits per heavy atom. The van der Waals surface area contributed by atoms with Crippen LogP contribution in [-0.2, 0) is 19.7 Å². The van der Waals surface area contributed by atoms with Crippen molar-refractivity contribution in [1.82, 2.24) is 15.1 Å². The zero-order valence-electron chi connectivity index (χ0n) is 24.3.